The fourth-order valence-electron chi connectivity index (χ4n) is 1.97. The Kier molecular flexibility index (Phi) is 6.58. The fraction of sp³-hybridized carbons (Fsp3) is 0.235. The maximum absolute atomic E-state index is 12.4. The molecule has 1 heterocycles. The summed E-state index contributed by atoms with van der Waals surface area (Å²) in [4.78, 5) is 28.4. The predicted molar refractivity (Wildman–Crippen MR) is 95.9 cm³/mol. The lowest BCUT2D eigenvalue weighted by Crippen LogP contribution is -2.25. The van der Waals surface area contributed by atoms with Crippen molar-refractivity contribution >= 4 is 40.7 Å². The highest BCUT2D eigenvalue weighted by Gasteiger charge is 2.14. The van der Waals surface area contributed by atoms with E-state index in [4.69, 9.17) is 23.2 Å². The number of nitrogens with one attached hydrogen (secondary N) is 2. The van der Waals surface area contributed by atoms with E-state index in [9.17, 15) is 9.59 Å². The first-order valence-electron chi connectivity index (χ1n) is 7.52. The van der Waals surface area contributed by atoms with Crippen LogP contribution < -0.4 is 10.6 Å². The van der Waals surface area contributed by atoms with Gasteiger partial charge in [-0.15, -0.1) is 0 Å². The zero-order chi connectivity index (χ0) is 17.5. The second-order valence-corrected chi connectivity index (χ2v) is 5.90. The van der Waals surface area contributed by atoms with E-state index in [1.165, 1.54) is 18.3 Å². The summed E-state index contributed by atoms with van der Waals surface area (Å²) in [6.07, 6.45) is 3.28. The summed E-state index contributed by atoms with van der Waals surface area (Å²) >= 11 is 12.1. The van der Waals surface area contributed by atoms with Crippen LogP contribution in [0.2, 0.25) is 10.0 Å². The molecule has 0 bridgehead atoms. The van der Waals surface area contributed by atoms with E-state index in [1.807, 2.05) is 6.92 Å². The molecule has 0 radical (unpaired) electrons. The Bertz CT molecular complexity index is 730. The number of benzene rings is 1. The van der Waals surface area contributed by atoms with Crippen LogP contribution >= 0.6 is 23.2 Å². The number of nitrogens with zero attached hydrogens (tertiary/aromatic N) is 1. The van der Waals surface area contributed by atoms with Gasteiger partial charge in [-0.1, -0.05) is 42.6 Å². The van der Waals surface area contributed by atoms with E-state index < -0.39 is 5.91 Å². The number of carbonyl (C=O) groups is 2. The lowest BCUT2D eigenvalue weighted by atomic mass is 10.2. The number of rotatable bonds is 6. The molecule has 0 saturated heterocycles. The van der Waals surface area contributed by atoms with Gasteiger partial charge in [-0.05, 0) is 30.7 Å². The van der Waals surface area contributed by atoms with Crippen LogP contribution in [0.3, 0.4) is 0 Å². The van der Waals surface area contributed by atoms with Gasteiger partial charge in [-0.2, -0.15) is 0 Å². The SMILES string of the molecule is CCCCNC(=O)c1cc(C(=O)Nc2c(Cl)cccc2Cl)ccn1. The van der Waals surface area contributed by atoms with Crippen molar-refractivity contribution in [2.24, 2.45) is 0 Å². The van der Waals surface area contributed by atoms with E-state index in [1.54, 1.807) is 18.2 Å². The molecule has 2 amide bonds. The number of hydrogen-bond donors (Lipinski definition) is 2. The summed E-state index contributed by atoms with van der Waals surface area (Å²) in [7, 11) is 0. The van der Waals surface area contributed by atoms with Crippen LogP contribution in [0.5, 0.6) is 0 Å². The molecule has 0 spiro atoms. The lowest BCUT2D eigenvalue weighted by Gasteiger charge is -2.10. The third-order valence-corrected chi connectivity index (χ3v) is 3.90. The number of aromatic nitrogens is 1. The first-order chi connectivity index (χ1) is 11.5. The Morgan fingerprint density at radius 2 is 1.83 bits per heavy atom. The Hall–Kier alpha value is -2.11. The van der Waals surface area contributed by atoms with Crippen LogP contribution in [0.25, 0.3) is 0 Å². The zero-order valence-corrected chi connectivity index (χ0v) is 14.6. The minimum Gasteiger partial charge on any atom is -0.351 e. The van der Waals surface area contributed by atoms with Crippen molar-refractivity contribution in [3.8, 4) is 0 Å². The van der Waals surface area contributed by atoms with Crippen LogP contribution in [0.1, 0.15) is 40.6 Å². The van der Waals surface area contributed by atoms with E-state index in [2.05, 4.69) is 15.6 Å². The van der Waals surface area contributed by atoms with E-state index in [-0.39, 0.29) is 11.6 Å². The molecule has 0 unspecified atom stereocenters. The number of para-hydroxylation sites is 1. The molecule has 1 aromatic heterocycles. The third kappa shape index (κ3) is 4.69. The maximum atomic E-state index is 12.4. The molecule has 7 heteroatoms. The van der Waals surface area contributed by atoms with Gasteiger partial charge in [-0.25, -0.2) is 0 Å². The van der Waals surface area contributed by atoms with Gasteiger partial charge in [0.25, 0.3) is 11.8 Å². The number of pyridine rings is 1. The Balaban J connectivity index is 2.13. The van der Waals surface area contributed by atoms with Crippen LogP contribution in [-0.4, -0.2) is 23.3 Å². The molecular formula is C17H17Cl2N3O2. The Morgan fingerprint density at radius 1 is 1.12 bits per heavy atom. The smallest absolute Gasteiger partial charge is 0.269 e. The summed E-state index contributed by atoms with van der Waals surface area (Å²) in [5.41, 5.74) is 0.808. The monoisotopic (exact) mass is 365 g/mol. The number of halogens is 2. The normalized spacial score (nSPS) is 10.3. The van der Waals surface area contributed by atoms with Crippen molar-refractivity contribution in [3.63, 3.8) is 0 Å². The number of carbonyl (C=O) groups excluding carboxylic acids is 2. The molecule has 0 aliphatic carbocycles. The van der Waals surface area contributed by atoms with Crippen LogP contribution in [0.15, 0.2) is 36.5 Å². The molecule has 2 rings (SSSR count). The van der Waals surface area contributed by atoms with Gasteiger partial charge in [0.2, 0.25) is 0 Å². The molecule has 0 aliphatic rings. The van der Waals surface area contributed by atoms with E-state index in [0.29, 0.717) is 27.8 Å². The molecule has 0 saturated carbocycles. The molecule has 24 heavy (non-hydrogen) atoms. The maximum Gasteiger partial charge on any atom is 0.269 e. The van der Waals surface area contributed by atoms with Gasteiger partial charge in [0.15, 0.2) is 0 Å². The molecular weight excluding hydrogens is 349 g/mol. The van der Waals surface area contributed by atoms with Crippen molar-refractivity contribution in [2.75, 3.05) is 11.9 Å². The summed E-state index contributed by atoms with van der Waals surface area (Å²) in [6, 6.07) is 7.89. The summed E-state index contributed by atoms with van der Waals surface area (Å²) in [5.74, 6) is -0.733. The fourth-order valence-corrected chi connectivity index (χ4v) is 2.46. The molecule has 2 aromatic rings. The van der Waals surface area contributed by atoms with Crippen molar-refractivity contribution in [2.45, 2.75) is 19.8 Å². The van der Waals surface area contributed by atoms with Gasteiger partial charge in [0.1, 0.15) is 5.69 Å². The van der Waals surface area contributed by atoms with Crippen molar-refractivity contribution in [3.05, 3.63) is 57.8 Å². The standard InChI is InChI=1S/C17H17Cl2N3O2/c1-2-3-8-21-17(24)14-10-11(7-9-20-14)16(23)22-15-12(18)5-4-6-13(15)19/h4-7,9-10H,2-3,8H2,1H3,(H,21,24)(H,22,23). The topological polar surface area (TPSA) is 71.1 Å². The van der Waals surface area contributed by atoms with Crippen molar-refractivity contribution in [1.29, 1.82) is 0 Å². The zero-order valence-electron chi connectivity index (χ0n) is 13.1. The molecule has 126 valence electrons. The molecule has 0 aliphatic heterocycles. The Labute approximate surface area is 150 Å². The number of anilines is 1. The second-order valence-electron chi connectivity index (χ2n) is 5.09. The second kappa shape index (κ2) is 8.66. The summed E-state index contributed by atoms with van der Waals surface area (Å²) in [6.45, 7) is 2.61. The molecule has 0 atom stereocenters. The summed E-state index contributed by atoms with van der Waals surface area (Å²) in [5, 5.41) is 6.08. The minimum atomic E-state index is -0.421. The first kappa shape index (κ1) is 18.2. The van der Waals surface area contributed by atoms with Crippen molar-refractivity contribution < 1.29 is 9.59 Å². The molecule has 1 aromatic carbocycles. The lowest BCUT2D eigenvalue weighted by molar-refractivity contribution is 0.0948. The number of amides is 2. The van der Waals surface area contributed by atoms with Gasteiger partial charge in [-0.3, -0.25) is 14.6 Å². The van der Waals surface area contributed by atoms with Crippen molar-refractivity contribution in [1.82, 2.24) is 10.3 Å². The molecule has 2 N–H and O–H groups in total. The average molecular weight is 366 g/mol. The predicted octanol–water partition coefficient (Wildman–Crippen LogP) is 4.17. The van der Waals surface area contributed by atoms with E-state index >= 15 is 0 Å². The van der Waals surface area contributed by atoms with E-state index in [0.717, 1.165) is 12.8 Å². The van der Waals surface area contributed by atoms with Crippen LogP contribution in [0.4, 0.5) is 5.69 Å². The van der Waals surface area contributed by atoms with Crippen LogP contribution in [-0.2, 0) is 0 Å². The third-order valence-electron chi connectivity index (χ3n) is 3.27. The largest absolute Gasteiger partial charge is 0.351 e. The summed E-state index contributed by atoms with van der Waals surface area (Å²) < 4.78 is 0. The van der Waals surface area contributed by atoms with Gasteiger partial charge < -0.3 is 10.6 Å². The minimum absolute atomic E-state index is 0.184. The average Bonchev–Trinajstić information content (AvgIpc) is 2.58. The first-order valence-corrected chi connectivity index (χ1v) is 8.28. The highest BCUT2D eigenvalue weighted by atomic mass is 35.5. The van der Waals surface area contributed by atoms with Gasteiger partial charge in [0.05, 0.1) is 15.7 Å². The highest BCUT2D eigenvalue weighted by Crippen LogP contribution is 2.30. The molecule has 5 nitrogen and oxygen atoms in total. The molecule has 0 fully saturated rings. The highest BCUT2D eigenvalue weighted by molar-refractivity contribution is 6.40. The number of hydrogen-bond acceptors (Lipinski definition) is 3. The van der Waals surface area contributed by atoms with Gasteiger partial charge in [0, 0.05) is 18.3 Å². The number of unbranched alkanes of at least 4 members (excludes halogenated alkanes) is 1. The van der Waals surface area contributed by atoms with Gasteiger partial charge >= 0.3 is 0 Å². The quantitative estimate of drug-likeness (QED) is 0.754. The Morgan fingerprint density at radius 3 is 2.50 bits per heavy atom. The van der Waals surface area contributed by atoms with Crippen LogP contribution in [0, 0.1) is 0 Å².